The molecule has 1 aromatic heterocycles. The van der Waals surface area contributed by atoms with E-state index in [1.54, 1.807) is 19.2 Å². The number of phenolic OH excluding ortho intramolecular Hbond substituents is 1. The van der Waals surface area contributed by atoms with Gasteiger partial charge in [-0.3, -0.25) is 4.79 Å². The minimum atomic E-state index is -0.188. The van der Waals surface area contributed by atoms with Crippen molar-refractivity contribution >= 4 is 10.9 Å². The highest BCUT2D eigenvalue weighted by Gasteiger charge is 2.11. The van der Waals surface area contributed by atoms with E-state index >= 15 is 0 Å². The molecule has 3 rings (SSSR count). The van der Waals surface area contributed by atoms with Gasteiger partial charge in [0, 0.05) is 13.1 Å². The zero-order valence-corrected chi connectivity index (χ0v) is 11.8. The van der Waals surface area contributed by atoms with Crippen molar-refractivity contribution in [3.8, 4) is 22.8 Å². The topological polar surface area (TPSA) is 51.5 Å². The molecule has 0 spiro atoms. The van der Waals surface area contributed by atoms with Gasteiger partial charge >= 0.3 is 0 Å². The largest absolute Gasteiger partial charge is 0.507 e. The van der Waals surface area contributed by atoms with Crippen LogP contribution in [-0.2, 0) is 7.05 Å². The van der Waals surface area contributed by atoms with Gasteiger partial charge in [0.15, 0.2) is 5.43 Å². The molecule has 4 nitrogen and oxygen atoms in total. The summed E-state index contributed by atoms with van der Waals surface area (Å²) in [6.45, 7) is 0. The van der Waals surface area contributed by atoms with E-state index in [9.17, 15) is 9.90 Å². The van der Waals surface area contributed by atoms with Crippen molar-refractivity contribution in [1.29, 1.82) is 0 Å². The molecule has 0 aliphatic rings. The van der Waals surface area contributed by atoms with E-state index in [4.69, 9.17) is 4.74 Å². The number of rotatable bonds is 2. The number of hydrogen-bond acceptors (Lipinski definition) is 3. The van der Waals surface area contributed by atoms with Gasteiger partial charge in [-0.2, -0.15) is 0 Å². The normalized spacial score (nSPS) is 10.8. The maximum Gasteiger partial charge on any atom is 0.193 e. The summed E-state index contributed by atoms with van der Waals surface area (Å²) in [5, 5.41) is 10.2. The van der Waals surface area contributed by atoms with Crippen LogP contribution >= 0.6 is 0 Å². The molecule has 0 aliphatic carbocycles. The van der Waals surface area contributed by atoms with Gasteiger partial charge in [0.1, 0.15) is 11.5 Å². The minimum absolute atomic E-state index is 0.00869. The Hall–Kier alpha value is -2.75. The van der Waals surface area contributed by atoms with Crippen LogP contribution in [0.15, 0.2) is 53.3 Å². The van der Waals surface area contributed by atoms with Crippen LogP contribution in [0.1, 0.15) is 0 Å². The first-order valence-corrected chi connectivity index (χ1v) is 6.58. The number of aromatic hydroxyl groups is 1. The van der Waals surface area contributed by atoms with Crippen molar-refractivity contribution in [2.75, 3.05) is 7.11 Å². The summed E-state index contributed by atoms with van der Waals surface area (Å²) in [5.74, 6) is 0.775. The summed E-state index contributed by atoms with van der Waals surface area (Å²) in [6, 6.07) is 14.1. The summed E-state index contributed by atoms with van der Waals surface area (Å²) < 4.78 is 7.04. The highest BCUT2D eigenvalue weighted by molar-refractivity contribution is 5.87. The van der Waals surface area contributed by atoms with Crippen LogP contribution in [0, 0.1) is 0 Å². The van der Waals surface area contributed by atoms with Crippen LogP contribution in [0.25, 0.3) is 22.2 Å². The smallest absolute Gasteiger partial charge is 0.193 e. The summed E-state index contributed by atoms with van der Waals surface area (Å²) in [4.78, 5) is 12.3. The molecule has 1 N–H and O–H groups in total. The lowest BCUT2D eigenvalue weighted by Crippen LogP contribution is -2.09. The van der Waals surface area contributed by atoms with E-state index in [0.717, 1.165) is 17.0 Å². The Morgan fingerprint density at radius 3 is 2.48 bits per heavy atom. The molecule has 0 saturated carbocycles. The first-order chi connectivity index (χ1) is 10.1. The van der Waals surface area contributed by atoms with Crippen molar-refractivity contribution in [3.63, 3.8) is 0 Å². The number of ether oxygens (including phenoxy) is 1. The van der Waals surface area contributed by atoms with Crippen molar-refractivity contribution in [1.82, 2.24) is 4.57 Å². The standard InChI is InChI=1S/C17H15NO3/c1-18-13-4-3-5-15(19)17(13)16(20)10-14(18)11-6-8-12(21-2)9-7-11/h3-10,19H,1-2H3. The van der Waals surface area contributed by atoms with Gasteiger partial charge in [-0.1, -0.05) is 6.07 Å². The van der Waals surface area contributed by atoms with Crippen LogP contribution < -0.4 is 10.2 Å². The first kappa shape index (κ1) is 13.2. The Morgan fingerprint density at radius 2 is 1.81 bits per heavy atom. The van der Waals surface area contributed by atoms with Gasteiger partial charge in [-0.05, 0) is 42.0 Å². The average molecular weight is 281 g/mol. The van der Waals surface area contributed by atoms with Gasteiger partial charge < -0.3 is 14.4 Å². The van der Waals surface area contributed by atoms with Gasteiger partial charge in [0.25, 0.3) is 0 Å². The molecule has 0 radical (unpaired) electrons. The Labute approximate surface area is 121 Å². The van der Waals surface area contributed by atoms with E-state index in [1.807, 2.05) is 41.9 Å². The predicted molar refractivity (Wildman–Crippen MR) is 82.8 cm³/mol. The van der Waals surface area contributed by atoms with Crippen LogP contribution in [0.4, 0.5) is 0 Å². The van der Waals surface area contributed by atoms with Crippen molar-refractivity contribution in [3.05, 3.63) is 58.8 Å². The third kappa shape index (κ3) is 2.14. The maximum atomic E-state index is 12.3. The Balaban J connectivity index is 2.28. The summed E-state index contributed by atoms with van der Waals surface area (Å²) in [6.07, 6.45) is 0. The molecule has 3 aromatic rings. The monoisotopic (exact) mass is 281 g/mol. The fourth-order valence-electron chi connectivity index (χ4n) is 2.52. The number of benzene rings is 2. The molecule has 0 aliphatic heterocycles. The first-order valence-electron chi connectivity index (χ1n) is 6.58. The number of fused-ring (bicyclic) bond motifs is 1. The summed E-state index contributed by atoms with van der Waals surface area (Å²) in [7, 11) is 3.49. The van der Waals surface area contributed by atoms with E-state index in [2.05, 4.69) is 0 Å². The molecule has 0 fully saturated rings. The lowest BCUT2D eigenvalue weighted by atomic mass is 10.1. The molecular formula is C17H15NO3. The van der Waals surface area contributed by atoms with E-state index in [0.29, 0.717) is 10.9 Å². The number of methoxy groups -OCH3 is 1. The molecule has 106 valence electrons. The minimum Gasteiger partial charge on any atom is -0.507 e. The summed E-state index contributed by atoms with van der Waals surface area (Å²) >= 11 is 0. The fraction of sp³-hybridized carbons (Fsp3) is 0.118. The third-order valence-electron chi connectivity index (χ3n) is 3.64. The molecule has 0 saturated heterocycles. The van der Waals surface area contributed by atoms with Crippen molar-refractivity contribution in [2.45, 2.75) is 0 Å². The lowest BCUT2D eigenvalue weighted by molar-refractivity contribution is 0.415. The quantitative estimate of drug-likeness (QED) is 0.785. The van der Waals surface area contributed by atoms with Crippen LogP contribution in [0.5, 0.6) is 11.5 Å². The molecule has 0 amide bonds. The van der Waals surface area contributed by atoms with Crippen LogP contribution in [0.3, 0.4) is 0 Å². The predicted octanol–water partition coefficient (Wildman–Crippen LogP) is 2.92. The van der Waals surface area contributed by atoms with E-state index in [-0.39, 0.29) is 11.2 Å². The SMILES string of the molecule is COc1ccc(-c2cc(=O)c3c(O)cccc3n2C)cc1. The summed E-state index contributed by atoms with van der Waals surface area (Å²) in [5.41, 5.74) is 2.22. The number of phenols is 1. The van der Waals surface area contributed by atoms with Gasteiger partial charge in [-0.25, -0.2) is 0 Å². The zero-order valence-electron chi connectivity index (χ0n) is 11.8. The van der Waals surface area contributed by atoms with Crippen LogP contribution in [-0.4, -0.2) is 16.8 Å². The molecule has 1 heterocycles. The Kier molecular flexibility index (Phi) is 3.14. The number of pyridine rings is 1. The molecule has 21 heavy (non-hydrogen) atoms. The highest BCUT2D eigenvalue weighted by Crippen LogP contribution is 2.26. The Morgan fingerprint density at radius 1 is 1.10 bits per heavy atom. The van der Waals surface area contributed by atoms with Crippen molar-refractivity contribution in [2.24, 2.45) is 7.05 Å². The second-order valence-corrected chi connectivity index (χ2v) is 4.85. The molecule has 4 heteroatoms. The average Bonchev–Trinajstić information content (AvgIpc) is 2.51. The van der Waals surface area contributed by atoms with E-state index < -0.39 is 0 Å². The molecule has 0 bridgehead atoms. The lowest BCUT2D eigenvalue weighted by Gasteiger charge is -2.13. The van der Waals surface area contributed by atoms with Gasteiger partial charge in [0.2, 0.25) is 0 Å². The zero-order chi connectivity index (χ0) is 15.0. The maximum absolute atomic E-state index is 12.3. The highest BCUT2D eigenvalue weighted by atomic mass is 16.5. The van der Waals surface area contributed by atoms with Gasteiger partial charge in [-0.15, -0.1) is 0 Å². The number of nitrogens with zero attached hydrogens (tertiary/aromatic N) is 1. The van der Waals surface area contributed by atoms with Crippen LogP contribution in [0.2, 0.25) is 0 Å². The third-order valence-corrected chi connectivity index (χ3v) is 3.64. The van der Waals surface area contributed by atoms with Crippen molar-refractivity contribution < 1.29 is 9.84 Å². The van der Waals surface area contributed by atoms with E-state index in [1.165, 1.54) is 6.07 Å². The number of aromatic nitrogens is 1. The second-order valence-electron chi connectivity index (χ2n) is 4.85. The molecule has 0 atom stereocenters. The molecule has 2 aromatic carbocycles. The number of hydrogen-bond donors (Lipinski definition) is 1. The second kappa shape index (κ2) is 4.98. The van der Waals surface area contributed by atoms with Gasteiger partial charge in [0.05, 0.1) is 23.7 Å². The molecule has 0 unspecified atom stereocenters. The molecular weight excluding hydrogens is 266 g/mol. The number of aryl methyl sites for hydroxylation is 1. The fourth-order valence-corrected chi connectivity index (χ4v) is 2.52. The Bertz CT molecular complexity index is 864.